The number of aromatic nitrogens is 2. The van der Waals surface area contributed by atoms with Crippen molar-refractivity contribution >= 4 is 11.9 Å². The number of nitrogens with zero attached hydrogens (tertiary/aromatic N) is 1. The van der Waals surface area contributed by atoms with E-state index in [4.69, 9.17) is 5.11 Å². The molecule has 1 unspecified atom stereocenters. The van der Waals surface area contributed by atoms with Gasteiger partial charge in [0.25, 0.3) is 5.91 Å². The van der Waals surface area contributed by atoms with Crippen molar-refractivity contribution in [3.63, 3.8) is 0 Å². The van der Waals surface area contributed by atoms with Crippen LogP contribution in [0.2, 0.25) is 0 Å². The maximum absolute atomic E-state index is 12.0. The molecular weight excluding hydrogens is 246 g/mol. The van der Waals surface area contributed by atoms with Crippen molar-refractivity contribution in [1.82, 2.24) is 15.3 Å². The topological polar surface area (TPSA) is 95.1 Å². The van der Waals surface area contributed by atoms with Gasteiger partial charge in [-0.15, -0.1) is 0 Å². The minimum Gasteiger partial charge on any atom is -0.478 e. The molecule has 0 spiro atoms. The fraction of sp³-hybridized carbons (Fsp3) is 0.154. The molecule has 6 heteroatoms. The van der Waals surface area contributed by atoms with E-state index in [2.05, 4.69) is 15.3 Å². The average molecular weight is 259 g/mol. The summed E-state index contributed by atoms with van der Waals surface area (Å²) < 4.78 is 0. The van der Waals surface area contributed by atoms with Crippen LogP contribution in [-0.4, -0.2) is 27.0 Å². The standard InChI is InChI=1S/C13H13N3O3/c1-8(11-14-5-6-15-11)16-12(17)9-3-2-4-10(7-9)13(18)19/h2-8H,1H3,(H,14,15)(H,16,17)(H,18,19). The van der Waals surface area contributed by atoms with Gasteiger partial charge in [-0.05, 0) is 25.1 Å². The molecule has 1 atom stereocenters. The Bertz CT molecular complexity index is 593. The molecule has 19 heavy (non-hydrogen) atoms. The first-order valence-corrected chi connectivity index (χ1v) is 5.71. The van der Waals surface area contributed by atoms with Gasteiger partial charge in [0.1, 0.15) is 5.82 Å². The maximum Gasteiger partial charge on any atom is 0.335 e. The average Bonchev–Trinajstić information content (AvgIpc) is 2.92. The van der Waals surface area contributed by atoms with Crippen molar-refractivity contribution in [3.8, 4) is 0 Å². The van der Waals surface area contributed by atoms with Crippen molar-refractivity contribution in [3.05, 3.63) is 53.6 Å². The molecule has 0 radical (unpaired) electrons. The number of aromatic carboxylic acids is 1. The molecule has 1 amide bonds. The predicted molar refractivity (Wildman–Crippen MR) is 67.9 cm³/mol. The number of aromatic amines is 1. The molecule has 2 rings (SSSR count). The molecule has 0 aliphatic carbocycles. The number of H-pyrrole nitrogens is 1. The van der Waals surface area contributed by atoms with E-state index < -0.39 is 5.97 Å². The first-order valence-electron chi connectivity index (χ1n) is 5.71. The van der Waals surface area contributed by atoms with Crippen LogP contribution in [-0.2, 0) is 0 Å². The van der Waals surface area contributed by atoms with Crippen LogP contribution >= 0.6 is 0 Å². The number of imidazole rings is 1. The quantitative estimate of drug-likeness (QED) is 0.777. The van der Waals surface area contributed by atoms with Crippen molar-refractivity contribution in [2.75, 3.05) is 0 Å². The minimum absolute atomic E-state index is 0.0818. The first-order chi connectivity index (χ1) is 9.08. The number of benzene rings is 1. The predicted octanol–water partition coefficient (Wildman–Crippen LogP) is 1.60. The lowest BCUT2D eigenvalue weighted by atomic mass is 10.1. The molecule has 0 aliphatic heterocycles. The van der Waals surface area contributed by atoms with E-state index in [0.717, 1.165) is 0 Å². The summed E-state index contributed by atoms with van der Waals surface area (Å²) in [5.41, 5.74) is 0.386. The smallest absolute Gasteiger partial charge is 0.335 e. The van der Waals surface area contributed by atoms with Crippen molar-refractivity contribution < 1.29 is 14.7 Å². The van der Waals surface area contributed by atoms with Gasteiger partial charge in [0, 0.05) is 18.0 Å². The lowest BCUT2D eigenvalue weighted by Gasteiger charge is -2.11. The van der Waals surface area contributed by atoms with Gasteiger partial charge >= 0.3 is 5.97 Å². The van der Waals surface area contributed by atoms with Crippen LogP contribution in [0.5, 0.6) is 0 Å². The molecule has 3 N–H and O–H groups in total. The summed E-state index contributed by atoms with van der Waals surface area (Å²) in [6, 6.07) is 5.60. The number of rotatable bonds is 4. The van der Waals surface area contributed by atoms with E-state index in [0.29, 0.717) is 11.4 Å². The largest absolute Gasteiger partial charge is 0.478 e. The highest BCUT2D eigenvalue weighted by atomic mass is 16.4. The molecule has 0 aliphatic rings. The van der Waals surface area contributed by atoms with Crippen LogP contribution in [0.3, 0.4) is 0 Å². The highest BCUT2D eigenvalue weighted by Gasteiger charge is 2.14. The molecule has 98 valence electrons. The highest BCUT2D eigenvalue weighted by Crippen LogP contribution is 2.09. The number of hydrogen-bond donors (Lipinski definition) is 3. The van der Waals surface area contributed by atoms with Gasteiger partial charge in [-0.1, -0.05) is 6.07 Å². The normalized spacial score (nSPS) is 11.8. The number of hydrogen-bond acceptors (Lipinski definition) is 3. The van der Waals surface area contributed by atoms with Gasteiger partial charge in [0.15, 0.2) is 0 Å². The maximum atomic E-state index is 12.0. The van der Waals surface area contributed by atoms with E-state index >= 15 is 0 Å². The van der Waals surface area contributed by atoms with Crippen molar-refractivity contribution in [2.45, 2.75) is 13.0 Å². The van der Waals surface area contributed by atoms with Crippen LogP contribution < -0.4 is 5.32 Å². The monoisotopic (exact) mass is 259 g/mol. The zero-order valence-electron chi connectivity index (χ0n) is 10.3. The molecule has 1 aromatic heterocycles. The second kappa shape index (κ2) is 5.34. The number of carbonyl (C=O) groups is 2. The number of nitrogens with one attached hydrogen (secondary N) is 2. The van der Waals surface area contributed by atoms with Crippen molar-refractivity contribution in [1.29, 1.82) is 0 Å². The minimum atomic E-state index is -1.06. The van der Waals surface area contributed by atoms with E-state index in [1.165, 1.54) is 18.2 Å². The highest BCUT2D eigenvalue weighted by molar-refractivity contribution is 5.97. The molecule has 1 aromatic carbocycles. The molecule has 1 heterocycles. The van der Waals surface area contributed by atoms with Crippen LogP contribution in [0, 0.1) is 0 Å². The van der Waals surface area contributed by atoms with E-state index in [1.807, 2.05) is 0 Å². The molecule has 6 nitrogen and oxygen atoms in total. The van der Waals surface area contributed by atoms with Gasteiger partial charge in [-0.2, -0.15) is 0 Å². The second-order valence-electron chi connectivity index (χ2n) is 4.06. The molecular formula is C13H13N3O3. The Morgan fingerprint density at radius 2 is 2.11 bits per heavy atom. The molecule has 2 aromatic rings. The summed E-state index contributed by atoms with van der Waals surface area (Å²) in [4.78, 5) is 29.8. The molecule has 0 saturated heterocycles. The summed E-state index contributed by atoms with van der Waals surface area (Å²) in [6.45, 7) is 1.79. The lowest BCUT2D eigenvalue weighted by Crippen LogP contribution is -2.27. The summed E-state index contributed by atoms with van der Waals surface area (Å²) in [6.07, 6.45) is 3.27. The second-order valence-corrected chi connectivity index (χ2v) is 4.06. The first kappa shape index (κ1) is 12.8. The third kappa shape index (κ3) is 2.98. The Balaban J connectivity index is 2.12. The van der Waals surface area contributed by atoms with Gasteiger partial charge in [-0.3, -0.25) is 4.79 Å². The van der Waals surface area contributed by atoms with Gasteiger partial charge in [0.2, 0.25) is 0 Å². The summed E-state index contributed by atoms with van der Waals surface area (Å²) in [7, 11) is 0. The summed E-state index contributed by atoms with van der Waals surface area (Å²) in [5, 5.41) is 11.6. The van der Waals surface area contributed by atoms with E-state index in [9.17, 15) is 9.59 Å². The van der Waals surface area contributed by atoms with E-state index in [-0.39, 0.29) is 17.5 Å². The Hall–Kier alpha value is -2.63. The Morgan fingerprint density at radius 3 is 2.74 bits per heavy atom. The Labute approximate surface area is 109 Å². The van der Waals surface area contributed by atoms with Gasteiger partial charge in [-0.25, -0.2) is 9.78 Å². The van der Waals surface area contributed by atoms with Crippen molar-refractivity contribution in [2.24, 2.45) is 0 Å². The third-order valence-electron chi connectivity index (χ3n) is 2.65. The zero-order chi connectivity index (χ0) is 13.8. The van der Waals surface area contributed by atoms with Gasteiger partial charge < -0.3 is 15.4 Å². The molecule has 0 fully saturated rings. The lowest BCUT2D eigenvalue weighted by molar-refractivity contribution is 0.0697. The SMILES string of the molecule is CC(NC(=O)c1cccc(C(=O)O)c1)c1ncc[nH]1. The molecule has 0 bridgehead atoms. The fourth-order valence-electron chi connectivity index (χ4n) is 1.66. The fourth-order valence-corrected chi connectivity index (χ4v) is 1.66. The van der Waals surface area contributed by atoms with E-state index in [1.54, 1.807) is 25.4 Å². The Morgan fingerprint density at radius 1 is 1.37 bits per heavy atom. The van der Waals surface area contributed by atoms with Crippen LogP contribution in [0.25, 0.3) is 0 Å². The molecule has 0 saturated carbocycles. The zero-order valence-corrected chi connectivity index (χ0v) is 10.3. The third-order valence-corrected chi connectivity index (χ3v) is 2.65. The number of amides is 1. The summed E-state index contributed by atoms with van der Waals surface area (Å²) >= 11 is 0. The van der Waals surface area contributed by atoms with Crippen LogP contribution in [0.15, 0.2) is 36.7 Å². The van der Waals surface area contributed by atoms with Crippen LogP contribution in [0.1, 0.15) is 39.5 Å². The number of carboxylic acids is 1. The van der Waals surface area contributed by atoms with Crippen LogP contribution in [0.4, 0.5) is 0 Å². The Kier molecular flexibility index (Phi) is 3.61. The number of carbonyl (C=O) groups excluding carboxylic acids is 1. The summed E-state index contributed by atoms with van der Waals surface area (Å²) in [5.74, 6) is -0.761. The van der Waals surface area contributed by atoms with Gasteiger partial charge in [0.05, 0.1) is 11.6 Å². The number of carboxylic acid groups (broad SMARTS) is 1.